The molecule has 0 unspecified atom stereocenters. The molecule has 17 heavy (non-hydrogen) atoms. The van der Waals surface area contributed by atoms with E-state index in [9.17, 15) is 4.79 Å². The van der Waals surface area contributed by atoms with Crippen molar-refractivity contribution in [3.63, 3.8) is 0 Å². The summed E-state index contributed by atoms with van der Waals surface area (Å²) in [6.07, 6.45) is 0.391. The minimum Gasteiger partial charge on any atom is -0.466 e. The van der Waals surface area contributed by atoms with Crippen LogP contribution in [0.5, 0.6) is 0 Å². The van der Waals surface area contributed by atoms with Crippen molar-refractivity contribution in [3.05, 3.63) is 33.3 Å². The van der Waals surface area contributed by atoms with Gasteiger partial charge in [0.05, 0.1) is 18.1 Å². The van der Waals surface area contributed by atoms with Crippen LogP contribution in [0.25, 0.3) is 0 Å². The van der Waals surface area contributed by atoms with Gasteiger partial charge in [0.2, 0.25) is 0 Å². The van der Waals surface area contributed by atoms with Crippen LogP contribution >= 0.6 is 27.5 Å². The molecule has 0 aliphatic heterocycles. The fourth-order valence-corrected chi connectivity index (χ4v) is 1.85. The Morgan fingerprint density at radius 3 is 2.94 bits per heavy atom. The summed E-state index contributed by atoms with van der Waals surface area (Å²) in [5.74, 6) is -0.169. The molecule has 0 fully saturated rings. The molecule has 1 N–H and O–H groups in total. The van der Waals surface area contributed by atoms with Crippen LogP contribution in [0.15, 0.2) is 22.7 Å². The molecule has 0 atom stereocenters. The fraction of sp³-hybridized carbons (Fsp3) is 0.417. The number of esters is 1. The maximum Gasteiger partial charge on any atom is 0.307 e. The summed E-state index contributed by atoms with van der Waals surface area (Å²) in [7, 11) is 0. The predicted octanol–water partition coefficient (Wildman–Crippen LogP) is 3.15. The van der Waals surface area contributed by atoms with Crippen LogP contribution < -0.4 is 5.32 Å². The van der Waals surface area contributed by atoms with Crippen molar-refractivity contribution >= 4 is 33.5 Å². The lowest BCUT2D eigenvalue weighted by Gasteiger charge is -2.06. The van der Waals surface area contributed by atoms with Crippen LogP contribution in [-0.4, -0.2) is 19.1 Å². The van der Waals surface area contributed by atoms with Crippen molar-refractivity contribution in [3.8, 4) is 0 Å². The van der Waals surface area contributed by atoms with Crippen molar-refractivity contribution < 1.29 is 9.53 Å². The van der Waals surface area contributed by atoms with E-state index < -0.39 is 0 Å². The number of rotatable bonds is 6. The van der Waals surface area contributed by atoms with Gasteiger partial charge in [0.25, 0.3) is 0 Å². The van der Waals surface area contributed by atoms with E-state index >= 15 is 0 Å². The molecule has 0 aliphatic rings. The molecule has 0 radical (unpaired) electrons. The van der Waals surface area contributed by atoms with Gasteiger partial charge in [0.15, 0.2) is 0 Å². The average Bonchev–Trinajstić information content (AvgIpc) is 2.29. The quantitative estimate of drug-likeness (QED) is 0.646. The Morgan fingerprint density at radius 1 is 1.53 bits per heavy atom. The molecule has 0 bridgehead atoms. The van der Waals surface area contributed by atoms with Crippen molar-refractivity contribution in [1.82, 2.24) is 5.32 Å². The number of benzene rings is 1. The molecule has 3 nitrogen and oxygen atoms in total. The third kappa shape index (κ3) is 5.52. The van der Waals surface area contributed by atoms with Crippen molar-refractivity contribution in [1.29, 1.82) is 0 Å². The van der Waals surface area contributed by atoms with Crippen molar-refractivity contribution in [2.24, 2.45) is 0 Å². The summed E-state index contributed by atoms with van der Waals surface area (Å²) >= 11 is 9.25. The molecule has 0 amide bonds. The summed E-state index contributed by atoms with van der Waals surface area (Å²) in [4.78, 5) is 11.1. The van der Waals surface area contributed by atoms with Gasteiger partial charge in [-0.25, -0.2) is 0 Å². The molecule has 0 spiro atoms. The Bertz CT molecular complexity index is 385. The lowest BCUT2D eigenvalue weighted by molar-refractivity contribution is -0.142. The minimum absolute atomic E-state index is 0.169. The molecule has 1 rings (SSSR count). The summed E-state index contributed by atoms with van der Waals surface area (Å²) in [6, 6.07) is 5.75. The SMILES string of the molecule is CCOC(=O)CCNCc1ccc(Cl)c(Br)c1. The van der Waals surface area contributed by atoms with E-state index in [0.29, 0.717) is 31.1 Å². The molecule has 5 heteroatoms. The van der Waals surface area contributed by atoms with Gasteiger partial charge in [-0.3, -0.25) is 4.79 Å². The monoisotopic (exact) mass is 319 g/mol. The summed E-state index contributed by atoms with van der Waals surface area (Å²) in [5, 5.41) is 3.87. The zero-order chi connectivity index (χ0) is 12.7. The standard InChI is InChI=1S/C12H15BrClNO2/c1-2-17-12(16)5-6-15-8-9-3-4-11(14)10(13)7-9/h3-4,7,15H,2,5-6,8H2,1H3. The largest absolute Gasteiger partial charge is 0.466 e. The van der Waals surface area contributed by atoms with E-state index in [-0.39, 0.29) is 5.97 Å². The first-order valence-electron chi connectivity index (χ1n) is 5.43. The van der Waals surface area contributed by atoms with Crippen LogP contribution in [0.2, 0.25) is 5.02 Å². The van der Waals surface area contributed by atoms with E-state index in [2.05, 4.69) is 21.2 Å². The molecule has 0 saturated heterocycles. The number of carbonyl (C=O) groups is 1. The molecule has 0 saturated carbocycles. The smallest absolute Gasteiger partial charge is 0.307 e. The summed E-state index contributed by atoms with van der Waals surface area (Å²) < 4.78 is 5.70. The first kappa shape index (κ1) is 14.5. The maximum atomic E-state index is 11.1. The van der Waals surface area contributed by atoms with Gasteiger partial charge in [-0.1, -0.05) is 17.7 Å². The second-order valence-electron chi connectivity index (χ2n) is 3.48. The predicted molar refractivity (Wildman–Crippen MR) is 72.1 cm³/mol. The maximum absolute atomic E-state index is 11.1. The Morgan fingerprint density at radius 2 is 2.29 bits per heavy atom. The van der Waals surface area contributed by atoms with Gasteiger partial charge in [0, 0.05) is 17.6 Å². The van der Waals surface area contributed by atoms with Gasteiger partial charge in [-0.05, 0) is 40.5 Å². The third-order valence-corrected chi connectivity index (χ3v) is 3.34. The normalized spacial score (nSPS) is 10.3. The van der Waals surface area contributed by atoms with E-state index in [1.165, 1.54) is 0 Å². The Labute approximate surface area is 115 Å². The highest BCUT2D eigenvalue weighted by molar-refractivity contribution is 9.10. The van der Waals surface area contributed by atoms with E-state index in [1.54, 1.807) is 6.92 Å². The molecule has 94 valence electrons. The first-order chi connectivity index (χ1) is 8.13. The molecule has 0 aliphatic carbocycles. The zero-order valence-electron chi connectivity index (χ0n) is 9.63. The van der Waals surface area contributed by atoms with Crippen LogP contribution in [0, 0.1) is 0 Å². The number of carbonyl (C=O) groups excluding carboxylic acids is 1. The van der Waals surface area contributed by atoms with Gasteiger partial charge in [0.1, 0.15) is 0 Å². The highest BCUT2D eigenvalue weighted by Crippen LogP contribution is 2.22. The first-order valence-corrected chi connectivity index (χ1v) is 6.61. The second-order valence-corrected chi connectivity index (χ2v) is 4.74. The topological polar surface area (TPSA) is 38.3 Å². The number of hydrogen-bond acceptors (Lipinski definition) is 3. The second kappa shape index (κ2) is 7.69. The van der Waals surface area contributed by atoms with Gasteiger partial charge >= 0.3 is 5.97 Å². The fourth-order valence-electron chi connectivity index (χ4n) is 1.31. The van der Waals surface area contributed by atoms with Crippen LogP contribution in [-0.2, 0) is 16.1 Å². The molecule has 1 aromatic rings. The van der Waals surface area contributed by atoms with Crippen LogP contribution in [0.3, 0.4) is 0 Å². The highest BCUT2D eigenvalue weighted by atomic mass is 79.9. The van der Waals surface area contributed by atoms with Gasteiger partial charge < -0.3 is 10.1 Å². The molecular formula is C12H15BrClNO2. The Balaban J connectivity index is 2.26. The lowest BCUT2D eigenvalue weighted by Crippen LogP contribution is -2.19. The number of ether oxygens (including phenoxy) is 1. The number of halogens is 2. The van der Waals surface area contributed by atoms with Crippen molar-refractivity contribution in [2.45, 2.75) is 19.9 Å². The highest BCUT2D eigenvalue weighted by Gasteiger charge is 2.01. The van der Waals surface area contributed by atoms with E-state index in [1.807, 2.05) is 18.2 Å². The molecule has 1 aromatic carbocycles. The third-order valence-electron chi connectivity index (χ3n) is 2.12. The number of nitrogens with one attached hydrogen (secondary N) is 1. The van der Waals surface area contributed by atoms with Crippen LogP contribution in [0.4, 0.5) is 0 Å². The Hall–Kier alpha value is -0.580. The minimum atomic E-state index is -0.169. The van der Waals surface area contributed by atoms with Crippen molar-refractivity contribution in [2.75, 3.05) is 13.2 Å². The van der Waals surface area contributed by atoms with Gasteiger partial charge in [-0.15, -0.1) is 0 Å². The average molecular weight is 321 g/mol. The zero-order valence-corrected chi connectivity index (χ0v) is 12.0. The van der Waals surface area contributed by atoms with Crippen LogP contribution in [0.1, 0.15) is 18.9 Å². The van der Waals surface area contributed by atoms with Gasteiger partial charge in [-0.2, -0.15) is 0 Å². The lowest BCUT2D eigenvalue weighted by atomic mass is 10.2. The number of hydrogen-bond donors (Lipinski definition) is 1. The Kier molecular flexibility index (Phi) is 6.55. The summed E-state index contributed by atoms with van der Waals surface area (Å²) in [6.45, 7) is 3.55. The van der Waals surface area contributed by atoms with E-state index in [4.69, 9.17) is 16.3 Å². The molecule has 0 heterocycles. The molecule has 0 aromatic heterocycles. The molecular weight excluding hydrogens is 305 g/mol. The van der Waals surface area contributed by atoms with E-state index in [0.717, 1.165) is 10.0 Å². The summed E-state index contributed by atoms with van der Waals surface area (Å²) in [5.41, 5.74) is 1.12.